The van der Waals surface area contributed by atoms with E-state index in [1.165, 1.54) is 22.3 Å². The van der Waals surface area contributed by atoms with Crippen LogP contribution >= 0.6 is 0 Å². The number of allylic oxidation sites excluding steroid dienone is 8. The molecule has 20 heteroatoms. The molecular weight excluding hydrogens is 1850 g/mol. The van der Waals surface area contributed by atoms with Crippen LogP contribution in [-0.4, -0.2) is 99.5 Å². The van der Waals surface area contributed by atoms with E-state index in [1.807, 2.05) is 183 Å². The molecule has 10 aromatic carbocycles. The number of nitriles is 8. The van der Waals surface area contributed by atoms with Gasteiger partial charge in [0.2, 0.25) is 0 Å². The van der Waals surface area contributed by atoms with Crippen LogP contribution in [0.25, 0.3) is 113 Å². The molecule has 20 nitrogen and oxygen atoms in total. The number of rotatable bonds is 24. The second-order valence-corrected chi connectivity index (χ2v) is 41.2. The summed E-state index contributed by atoms with van der Waals surface area (Å²) in [6, 6.07) is 97.6. The van der Waals surface area contributed by atoms with Crippen LogP contribution in [0.1, 0.15) is 207 Å². The van der Waals surface area contributed by atoms with Crippen molar-refractivity contribution < 1.29 is 19.1 Å². The molecule has 8 bridgehead atoms. The maximum atomic E-state index is 13.7. The van der Waals surface area contributed by atoms with Crippen molar-refractivity contribution in [3.05, 3.63) is 378 Å². The fourth-order valence-corrected chi connectivity index (χ4v) is 18.1. The lowest BCUT2D eigenvalue weighted by Crippen LogP contribution is -2.28. The Kier molecular flexibility index (Phi) is 31.6. The first-order valence-electron chi connectivity index (χ1n) is 49.6. The minimum absolute atomic E-state index is 0.0623. The first kappa shape index (κ1) is 105. The Balaban J connectivity index is 0.724. The van der Waals surface area contributed by atoms with Gasteiger partial charge in [-0.1, -0.05) is 216 Å². The summed E-state index contributed by atoms with van der Waals surface area (Å²) in [5, 5.41) is 81.6. The van der Waals surface area contributed by atoms with Gasteiger partial charge in [-0.05, 0) is 272 Å². The van der Waals surface area contributed by atoms with Gasteiger partial charge in [0.15, 0.2) is 0 Å². The molecule has 2 aliphatic rings. The third kappa shape index (κ3) is 23.6. The van der Waals surface area contributed by atoms with Crippen molar-refractivity contribution in [2.75, 3.05) is 87.2 Å². The molecule has 13 aromatic rings. The van der Waals surface area contributed by atoms with Crippen molar-refractivity contribution in [2.24, 2.45) is 0 Å². The predicted molar refractivity (Wildman–Crippen MR) is 604 cm³/mol. The molecule has 15 rings (SSSR count). The standard InChI is InChI=1S/C130H114N16O4/c1-19-145(107-53-45-89(46-54-107)119(99(79-135)80-136)117(97(75-131)76-132)87-41-49-105(50-42-87)143(15)16)65-67-149-125(147)93-37-29-85(30-38-93)23-21-83-25-33-91(34-26-83)121-109-57-61-113(139-109)123(95-69-101(127(3,4)5)73-102(70-95)128(6,7)8)115-63-59-111(141-115)122(112-60-64-116(142-112)124(114-62-58-110(121)140-114)96-71-103(129(9,10)11)74-104(72-96)130(12,13)14)92-35-27-84(28-36-92)22-24-86-31-39-94(40-32-86)126(148)150-68-66-146(20-2)108-55-47-90(48-56-108)120(100(81-137)82-138)118(98(77-133)78-134)88-43-51-106(52-44-88)144(17)18/h25-64,69-74,139,142H,19-20,65-68H2,1-18H3. The van der Waals surface area contributed by atoms with E-state index in [0.717, 1.165) is 123 Å². The monoisotopic (exact) mass is 1960 g/mol. The van der Waals surface area contributed by atoms with E-state index in [2.05, 4.69) is 226 Å². The Morgan fingerprint density at radius 1 is 0.287 bits per heavy atom. The minimum atomic E-state index is -0.500. The summed E-state index contributed by atoms with van der Waals surface area (Å²) in [6.07, 6.45) is 8.50. The number of carbonyl (C=O) groups is 2. The Morgan fingerprint density at radius 2 is 0.507 bits per heavy atom. The van der Waals surface area contributed by atoms with Gasteiger partial charge in [0.25, 0.3) is 0 Å². The zero-order valence-electron chi connectivity index (χ0n) is 87.7. The summed E-state index contributed by atoms with van der Waals surface area (Å²) < 4.78 is 11.7. The number of nitrogens with zero attached hydrogens (tertiary/aromatic N) is 14. The highest BCUT2D eigenvalue weighted by molar-refractivity contribution is 6.13. The molecule has 2 N–H and O–H groups in total. The molecule has 0 spiro atoms. The highest BCUT2D eigenvalue weighted by atomic mass is 16.5. The maximum absolute atomic E-state index is 13.7. The zero-order chi connectivity index (χ0) is 107. The summed E-state index contributed by atoms with van der Waals surface area (Å²) in [5.74, 6) is 12.4. The van der Waals surface area contributed by atoms with Gasteiger partial charge in [0, 0.05) is 153 Å². The fourth-order valence-electron chi connectivity index (χ4n) is 18.1. The van der Waals surface area contributed by atoms with Crippen LogP contribution in [0.3, 0.4) is 0 Å². The molecule has 3 aromatic heterocycles. The summed E-state index contributed by atoms with van der Waals surface area (Å²) in [6.45, 7) is 32.9. The molecule has 0 atom stereocenters. The van der Waals surface area contributed by atoms with Crippen LogP contribution in [0.2, 0.25) is 0 Å². The van der Waals surface area contributed by atoms with E-state index in [0.29, 0.717) is 70.7 Å². The van der Waals surface area contributed by atoms with Crippen molar-refractivity contribution >= 4 is 103 Å². The second-order valence-electron chi connectivity index (χ2n) is 41.2. The number of carbonyl (C=O) groups excluding carboxylic acids is 2. The van der Waals surface area contributed by atoms with Crippen LogP contribution in [0, 0.1) is 114 Å². The number of aromatic nitrogens is 4. The molecule has 738 valence electrons. The van der Waals surface area contributed by atoms with E-state index >= 15 is 0 Å². The molecule has 0 unspecified atom stereocenters. The van der Waals surface area contributed by atoms with E-state index in [1.54, 1.807) is 97.1 Å². The summed E-state index contributed by atoms with van der Waals surface area (Å²) in [5.41, 5.74) is 26.1. The van der Waals surface area contributed by atoms with Crippen molar-refractivity contribution in [3.63, 3.8) is 0 Å². The highest BCUT2D eigenvalue weighted by Crippen LogP contribution is 2.46. The summed E-state index contributed by atoms with van der Waals surface area (Å²) in [7, 11) is 7.57. The molecule has 0 fully saturated rings. The van der Waals surface area contributed by atoms with Crippen LogP contribution in [0.4, 0.5) is 22.7 Å². The average Bonchev–Trinajstić information content (AvgIpc) is 1.60. The number of hydrogen-bond donors (Lipinski definition) is 2. The molecule has 0 saturated carbocycles. The lowest BCUT2D eigenvalue weighted by Gasteiger charge is -2.26. The topological polar surface area (TPSA) is 313 Å². The van der Waals surface area contributed by atoms with Gasteiger partial charge in [-0.3, -0.25) is 0 Å². The number of hydrogen-bond acceptors (Lipinski definition) is 18. The molecule has 5 heterocycles. The zero-order valence-corrected chi connectivity index (χ0v) is 87.7. The SMILES string of the molecule is CCN(CCOC(=O)c1ccc(C#Cc2ccc(-c3c4nc(c(-c5cc(C(C)(C)C)cc(C(C)(C)C)c5)c5ccc([nH]5)c(-c5ccc(C#Cc6ccc(C(=O)OCCN(CC)c7ccc(C(=C(C#N)C#N)C(=C(C#N)C#N)c8ccc(N(C)C)cc8)cc7)cc6)cc5)c5nc(c(-c6cc(C(C)(C)C)cc(C(C)(C)C)c6)c6ccc3[nH]6)C=C5)C=C4)cc2)cc1)c1ccc(C(=C(C#N)C#N)C(=C(C#N)C#N)c2ccc(N(C)C)cc2)cc1. The fraction of sp³-hybridized carbons (Fsp3) is 0.215. The Bertz CT molecular complexity index is 7760. The molecule has 150 heavy (non-hydrogen) atoms. The number of nitrogens with one attached hydrogen (secondary N) is 2. The van der Waals surface area contributed by atoms with Crippen LogP contribution in [0.15, 0.2) is 277 Å². The molecule has 0 amide bonds. The Hall–Kier alpha value is -19.1. The van der Waals surface area contributed by atoms with Gasteiger partial charge >= 0.3 is 11.9 Å². The largest absolute Gasteiger partial charge is 0.460 e. The van der Waals surface area contributed by atoms with Crippen molar-refractivity contribution in [2.45, 2.75) is 119 Å². The quantitative estimate of drug-likeness (QED) is 0.0246. The predicted octanol–water partition coefficient (Wildman–Crippen LogP) is 27.4. The van der Waals surface area contributed by atoms with Crippen LogP contribution < -0.4 is 19.6 Å². The number of H-pyrrole nitrogens is 2. The molecule has 2 aliphatic heterocycles. The van der Waals surface area contributed by atoms with Crippen LogP contribution in [-0.2, 0) is 31.1 Å². The first-order chi connectivity index (χ1) is 71.9. The lowest BCUT2D eigenvalue weighted by atomic mass is 9.78. The number of likely N-dealkylation sites (N-methyl/N-ethyl adjacent to an activating group) is 2. The van der Waals surface area contributed by atoms with Crippen molar-refractivity contribution in [3.8, 4) is 117 Å². The number of ether oxygens (including phenoxy) is 2. The van der Waals surface area contributed by atoms with Gasteiger partial charge in [0.1, 0.15) is 84.1 Å². The summed E-state index contributed by atoms with van der Waals surface area (Å²) in [4.78, 5) is 54.9. The molecule has 0 aliphatic carbocycles. The number of anilines is 4. The second kappa shape index (κ2) is 45.1. The molecule has 0 radical (unpaired) electrons. The van der Waals surface area contributed by atoms with Gasteiger partial charge in [-0.15, -0.1) is 0 Å². The Labute approximate surface area is 879 Å². The average molecular weight is 1960 g/mol. The van der Waals surface area contributed by atoms with E-state index in [-0.39, 0.29) is 79.5 Å². The van der Waals surface area contributed by atoms with Crippen molar-refractivity contribution in [1.29, 1.82) is 42.1 Å². The summed E-state index contributed by atoms with van der Waals surface area (Å²) >= 11 is 0. The molecular formula is C130H114N16O4. The number of fused-ring (bicyclic) bond motifs is 8. The third-order valence-corrected chi connectivity index (χ3v) is 26.7. The minimum Gasteiger partial charge on any atom is -0.460 e. The lowest BCUT2D eigenvalue weighted by molar-refractivity contribution is 0.0506. The van der Waals surface area contributed by atoms with E-state index in [4.69, 9.17) is 19.4 Å². The van der Waals surface area contributed by atoms with Crippen molar-refractivity contribution in [1.82, 2.24) is 19.9 Å². The highest BCUT2D eigenvalue weighted by Gasteiger charge is 2.31. The normalized spacial score (nSPS) is 11.3. The first-order valence-corrected chi connectivity index (χ1v) is 49.6. The number of esters is 2. The number of benzene rings is 10. The Morgan fingerprint density at radius 3 is 0.727 bits per heavy atom. The van der Waals surface area contributed by atoms with Gasteiger partial charge in [-0.2, -0.15) is 42.1 Å². The van der Waals surface area contributed by atoms with Crippen LogP contribution in [0.5, 0.6) is 0 Å². The van der Waals surface area contributed by atoms with E-state index < -0.39 is 11.9 Å². The maximum Gasteiger partial charge on any atom is 0.338 e. The molecule has 0 saturated heterocycles. The smallest absolute Gasteiger partial charge is 0.338 e. The number of aromatic amines is 2. The van der Waals surface area contributed by atoms with Gasteiger partial charge in [-0.25, -0.2) is 19.6 Å². The van der Waals surface area contributed by atoms with Gasteiger partial charge in [0.05, 0.1) is 47.0 Å². The van der Waals surface area contributed by atoms with E-state index in [9.17, 15) is 51.7 Å². The third-order valence-electron chi connectivity index (χ3n) is 26.7. The van der Waals surface area contributed by atoms with Gasteiger partial charge < -0.3 is 39.0 Å².